The average molecular weight is 325 g/mol. The Labute approximate surface area is 131 Å². The van der Waals surface area contributed by atoms with Crippen molar-refractivity contribution >= 4 is 35.5 Å². The van der Waals surface area contributed by atoms with Crippen molar-refractivity contribution in [3.05, 3.63) is 57.6 Å². The van der Waals surface area contributed by atoms with Crippen LogP contribution in [-0.2, 0) is 0 Å². The second-order valence-electron chi connectivity index (χ2n) is 4.02. The molecule has 2 rings (SSSR count). The van der Waals surface area contributed by atoms with Crippen molar-refractivity contribution in [2.45, 2.75) is 0 Å². The SMILES string of the molecule is COc1cc(C=O)cc(Cl)c1OC(=O)c1ccccc1Cl. The molecular weight excluding hydrogens is 315 g/mol. The van der Waals surface area contributed by atoms with Gasteiger partial charge in [0.15, 0.2) is 11.5 Å². The Kier molecular flexibility index (Phi) is 4.83. The summed E-state index contributed by atoms with van der Waals surface area (Å²) in [6.07, 6.45) is 0.619. The van der Waals surface area contributed by atoms with Gasteiger partial charge in [-0.3, -0.25) is 4.79 Å². The lowest BCUT2D eigenvalue weighted by Gasteiger charge is -2.12. The number of hydrogen-bond donors (Lipinski definition) is 0. The van der Waals surface area contributed by atoms with Gasteiger partial charge in [0.05, 0.1) is 22.7 Å². The van der Waals surface area contributed by atoms with Gasteiger partial charge < -0.3 is 9.47 Å². The van der Waals surface area contributed by atoms with Crippen molar-refractivity contribution in [2.24, 2.45) is 0 Å². The van der Waals surface area contributed by atoms with E-state index in [0.717, 1.165) is 0 Å². The number of carbonyl (C=O) groups excluding carboxylic acids is 2. The third-order valence-corrected chi connectivity index (χ3v) is 3.29. The highest BCUT2D eigenvalue weighted by Crippen LogP contribution is 2.36. The fraction of sp³-hybridized carbons (Fsp3) is 0.0667. The summed E-state index contributed by atoms with van der Waals surface area (Å²) in [7, 11) is 1.38. The van der Waals surface area contributed by atoms with Crippen LogP contribution in [0, 0.1) is 0 Å². The summed E-state index contributed by atoms with van der Waals surface area (Å²) in [6.45, 7) is 0. The smallest absolute Gasteiger partial charge is 0.345 e. The van der Waals surface area contributed by atoms with Crippen LogP contribution in [0.1, 0.15) is 20.7 Å². The topological polar surface area (TPSA) is 52.6 Å². The minimum atomic E-state index is -0.667. The number of halogens is 2. The van der Waals surface area contributed by atoms with E-state index >= 15 is 0 Å². The van der Waals surface area contributed by atoms with Crippen LogP contribution in [0.4, 0.5) is 0 Å². The van der Waals surface area contributed by atoms with Crippen molar-refractivity contribution in [1.29, 1.82) is 0 Å². The molecule has 0 spiro atoms. The quantitative estimate of drug-likeness (QED) is 0.484. The summed E-state index contributed by atoms with van der Waals surface area (Å²) in [5, 5.41) is 0.360. The normalized spacial score (nSPS) is 10.0. The van der Waals surface area contributed by atoms with E-state index in [9.17, 15) is 9.59 Å². The summed E-state index contributed by atoms with van der Waals surface area (Å²) < 4.78 is 10.3. The number of rotatable bonds is 4. The number of esters is 1. The zero-order chi connectivity index (χ0) is 15.4. The van der Waals surface area contributed by atoms with E-state index in [0.29, 0.717) is 11.8 Å². The maximum Gasteiger partial charge on any atom is 0.345 e. The predicted molar refractivity (Wildman–Crippen MR) is 79.8 cm³/mol. The Bertz CT molecular complexity index is 698. The first-order chi connectivity index (χ1) is 10.1. The standard InChI is InChI=1S/C15H10Cl2O4/c1-20-13-7-9(8-18)6-12(17)14(13)21-15(19)10-4-2-3-5-11(10)16/h2-8H,1H3. The summed E-state index contributed by atoms with van der Waals surface area (Å²) in [4.78, 5) is 22.9. The minimum Gasteiger partial charge on any atom is -0.493 e. The zero-order valence-corrected chi connectivity index (χ0v) is 12.4. The van der Waals surface area contributed by atoms with E-state index in [4.69, 9.17) is 32.7 Å². The molecule has 0 aromatic heterocycles. The number of aldehydes is 1. The molecule has 4 nitrogen and oxygen atoms in total. The fourth-order valence-corrected chi connectivity index (χ4v) is 2.15. The molecule has 0 unspecified atom stereocenters. The van der Waals surface area contributed by atoms with Crippen LogP contribution in [0.15, 0.2) is 36.4 Å². The Morgan fingerprint density at radius 1 is 1.14 bits per heavy atom. The van der Waals surface area contributed by atoms with Crippen LogP contribution >= 0.6 is 23.2 Å². The number of benzene rings is 2. The molecule has 0 fully saturated rings. The molecule has 6 heteroatoms. The van der Waals surface area contributed by atoms with Gasteiger partial charge in [-0.25, -0.2) is 4.79 Å². The van der Waals surface area contributed by atoms with Crippen LogP contribution in [0.25, 0.3) is 0 Å². The maximum atomic E-state index is 12.1. The van der Waals surface area contributed by atoms with Crippen molar-refractivity contribution < 1.29 is 19.1 Å². The van der Waals surface area contributed by atoms with Gasteiger partial charge in [0, 0.05) is 5.56 Å². The highest BCUT2D eigenvalue weighted by Gasteiger charge is 2.18. The Hall–Kier alpha value is -2.04. The van der Waals surface area contributed by atoms with Gasteiger partial charge >= 0.3 is 5.97 Å². The molecule has 0 aliphatic heterocycles. The molecule has 2 aromatic carbocycles. The van der Waals surface area contributed by atoms with E-state index in [1.54, 1.807) is 18.2 Å². The van der Waals surface area contributed by atoms with Crippen molar-refractivity contribution in [3.63, 3.8) is 0 Å². The molecule has 21 heavy (non-hydrogen) atoms. The third kappa shape index (κ3) is 3.35. The molecule has 0 aliphatic rings. The van der Waals surface area contributed by atoms with E-state index < -0.39 is 5.97 Å². The van der Waals surface area contributed by atoms with Crippen LogP contribution in [0.2, 0.25) is 10.0 Å². The molecule has 0 radical (unpaired) electrons. The lowest BCUT2D eigenvalue weighted by Crippen LogP contribution is -2.10. The van der Waals surface area contributed by atoms with E-state index in [-0.39, 0.29) is 27.1 Å². The zero-order valence-electron chi connectivity index (χ0n) is 10.9. The molecule has 0 heterocycles. The molecule has 0 aliphatic carbocycles. The van der Waals surface area contributed by atoms with Crippen LogP contribution in [-0.4, -0.2) is 19.4 Å². The van der Waals surface area contributed by atoms with Crippen LogP contribution < -0.4 is 9.47 Å². The van der Waals surface area contributed by atoms with Gasteiger partial charge in [0.1, 0.15) is 6.29 Å². The summed E-state index contributed by atoms with van der Waals surface area (Å²) in [5.41, 5.74) is 0.520. The van der Waals surface area contributed by atoms with Crippen LogP contribution in [0.3, 0.4) is 0 Å². The number of methoxy groups -OCH3 is 1. The summed E-state index contributed by atoms with van der Waals surface area (Å²) in [6, 6.07) is 9.28. The number of carbonyl (C=O) groups is 2. The first kappa shape index (κ1) is 15.4. The second kappa shape index (κ2) is 6.61. The fourth-order valence-electron chi connectivity index (χ4n) is 1.68. The Morgan fingerprint density at radius 3 is 2.48 bits per heavy atom. The molecular formula is C15H10Cl2O4. The molecule has 0 N–H and O–H groups in total. The largest absolute Gasteiger partial charge is 0.493 e. The Balaban J connectivity index is 2.38. The highest BCUT2D eigenvalue weighted by atomic mass is 35.5. The average Bonchev–Trinajstić information content (AvgIpc) is 2.49. The van der Waals surface area contributed by atoms with Gasteiger partial charge in [-0.15, -0.1) is 0 Å². The van der Waals surface area contributed by atoms with Crippen molar-refractivity contribution in [3.8, 4) is 11.5 Å². The molecule has 0 bridgehead atoms. The van der Waals surface area contributed by atoms with E-state index in [2.05, 4.69) is 0 Å². The molecule has 0 saturated heterocycles. The van der Waals surface area contributed by atoms with Gasteiger partial charge in [-0.1, -0.05) is 35.3 Å². The lowest BCUT2D eigenvalue weighted by atomic mass is 10.2. The highest BCUT2D eigenvalue weighted by molar-refractivity contribution is 6.34. The van der Waals surface area contributed by atoms with Gasteiger partial charge in [-0.05, 0) is 24.3 Å². The molecule has 0 amide bonds. The maximum absolute atomic E-state index is 12.1. The Morgan fingerprint density at radius 2 is 1.86 bits per heavy atom. The van der Waals surface area contributed by atoms with Crippen LogP contribution in [0.5, 0.6) is 11.5 Å². The predicted octanol–water partition coefficient (Wildman–Crippen LogP) is 4.03. The van der Waals surface area contributed by atoms with Crippen molar-refractivity contribution in [1.82, 2.24) is 0 Å². The summed E-state index contributed by atoms with van der Waals surface area (Å²) in [5.74, 6) is -0.445. The monoisotopic (exact) mass is 324 g/mol. The first-order valence-corrected chi connectivity index (χ1v) is 6.62. The minimum absolute atomic E-state index is 0.0367. The lowest BCUT2D eigenvalue weighted by molar-refractivity contribution is 0.0730. The first-order valence-electron chi connectivity index (χ1n) is 5.86. The molecule has 108 valence electrons. The number of ether oxygens (including phenoxy) is 2. The molecule has 2 aromatic rings. The molecule has 0 saturated carbocycles. The van der Waals surface area contributed by atoms with Gasteiger partial charge in [-0.2, -0.15) is 0 Å². The van der Waals surface area contributed by atoms with E-state index in [1.165, 1.54) is 25.3 Å². The molecule has 0 atom stereocenters. The third-order valence-electron chi connectivity index (χ3n) is 2.68. The van der Waals surface area contributed by atoms with E-state index in [1.807, 2.05) is 0 Å². The van der Waals surface area contributed by atoms with Gasteiger partial charge in [0.2, 0.25) is 0 Å². The van der Waals surface area contributed by atoms with Gasteiger partial charge in [0.25, 0.3) is 0 Å². The second-order valence-corrected chi connectivity index (χ2v) is 4.84. The number of hydrogen-bond acceptors (Lipinski definition) is 4. The van der Waals surface area contributed by atoms with Crippen molar-refractivity contribution in [2.75, 3.05) is 7.11 Å². The summed E-state index contributed by atoms with van der Waals surface area (Å²) >= 11 is 11.9.